The SMILES string of the molecule is Cc1cc(Br)ccc1CNC1CC(C)C1. The number of benzene rings is 1. The van der Waals surface area contributed by atoms with Crippen molar-refractivity contribution in [1.29, 1.82) is 0 Å². The van der Waals surface area contributed by atoms with E-state index in [1.807, 2.05) is 0 Å². The number of halogens is 1. The van der Waals surface area contributed by atoms with E-state index in [-0.39, 0.29) is 0 Å². The van der Waals surface area contributed by atoms with Gasteiger partial charge in [0.25, 0.3) is 0 Å². The lowest BCUT2D eigenvalue weighted by atomic mass is 9.82. The van der Waals surface area contributed by atoms with Gasteiger partial charge in [-0.05, 0) is 48.9 Å². The summed E-state index contributed by atoms with van der Waals surface area (Å²) in [4.78, 5) is 0. The van der Waals surface area contributed by atoms with Gasteiger partial charge in [-0.2, -0.15) is 0 Å². The summed E-state index contributed by atoms with van der Waals surface area (Å²) in [5.41, 5.74) is 2.78. The lowest BCUT2D eigenvalue weighted by Crippen LogP contribution is -2.39. The quantitative estimate of drug-likeness (QED) is 0.882. The molecule has 0 atom stereocenters. The van der Waals surface area contributed by atoms with E-state index in [9.17, 15) is 0 Å². The van der Waals surface area contributed by atoms with Crippen LogP contribution in [0.4, 0.5) is 0 Å². The van der Waals surface area contributed by atoms with Crippen molar-refractivity contribution in [2.24, 2.45) is 5.92 Å². The summed E-state index contributed by atoms with van der Waals surface area (Å²) < 4.78 is 1.17. The second-order valence-electron chi connectivity index (χ2n) is 4.73. The van der Waals surface area contributed by atoms with Crippen molar-refractivity contribution < 1.29 is 0 Å². The fourth-order valence-corrected chi connectivity index (χ4v) is 2.66. The molecule has 0 unspecified atom stereocenters. The molecule has 0 spiro atoms. The molecule has 0 aromatic heterocycles. The Morgan fingerprint density at radius 3 is 2.73 bits per heavy atom. The van der Waals surface area contributed by atoms with Crippen LogP contribution in [0.15, 0.2) is 22.7 Å². The molecule has 82 valence electrons. The predicted molar refractivity (Wildman–Crippen MR) is 67.9 cm³/mol. The van der Waals surface area contributed by atoms with Crippen LogP contribution >= 0.6 is 15.9 Å². The third-order valence-electron chi connectivity index (χ3n) is 3.26. The monoisotopic (exact) mass is 267 g/mol. The summed E-state index contributed by atoms with van der Waals surface area (Å²) in [5, 5.41) is 3.61. The minimum absolute atomic E-state index is 0.753. The molecule has 1 aliphatic rings. The third kappa shape index (κ3) is 2.82. The summed E-state index contributed by atoms with van der Waals surface area (Å²) in [6, 6.07) is 7.26. The van der Waals surface area contributed by atoms with E-state index in [1.54, 1.807) is 0 Å². The summed E-state index contributed by atoms with van der Waals surface area (Å²) >= 11 is 3.49. The maximum Gasteiger partial charge on any atom is 0.0210 e. The predicted octanol–water partition coefficient (Wildman–Crippen LogP) is 3.65. The van der Waals surface area contributed by atoms with Crippen molar-refractivity contribution in [3.63, 3.8) is 0 Å². The molecule has 1 aromatic carbocycles. The first-order valence-electron chi connectivity index (χ1n) is 5.63. The summed E-state index contributed by atoms with van der Waals surface area (Å²) in [5.74, 6) is 0.925. The lowest BCUT2D eigenvalue weighted by molar-refractivity contribution is 0.240. The Balaban J connectivity index is 1.88. The molecule has 1 fully saturated rings. The fourth-order valence-electron chi connectivity index (χ4n) is 2.18. The highest BCUT2D eigenvalue weighted by atomic mass is 79.9. The summed E-state index contributed by atoms with van der Waals surface area (Å²) in [6.07, 6.45) is 2.69. The fraction of sp³-hybridized carbons (Fsp3) is 0.538. The first-order valence-corrected chi connectivity index (χ1v) is 6.43. The normalized spacial score (nSPS) is 25.0. The van der Waals surface area contributed by atoms with Gasteiger partial charge in [-0.3, -0.25) is 0 Å². The van der Waals surface area contributed by atoms with Crippen LogP contribution in [0.25, 0.3) is 0 Å². The Kier molecular flexibility index (Phi) is 3.47. The first-order chi connectivity index (χ1) is 7.15. The molecule has 15 heavy (non-hydrogen) atoms. The molecule has 0 amide bonds. The highest BCUT2D eigenvalue weighted by Crippen LogP contribution is 2.26. The van der Waals surface area contributed by atoms with Gasteiger partial charge >= 0.3 is 0 Å². The van der Waals surface area contributed by atoms with Crippen LogP contribution in [0.5, 0.6) is 0 Å². The van der Waals surface area contributed by atoms with Gasteiger partial charge in [0.05, 0.1) is 0 Å². The number of hydrogen-bond donors (Lipinski definition) is 1. The van der Waals surface area contributed by atoms with Gasteiger partial charge in [-0.15, -0.1) is 0 Å². The second-order valence-corrected chi connectivity index (χ2v) is 5.64. The average molecular weight is 268 g/mol. The van der Waals surface area contributed by atoms with E-state index in [4.69, 9.17) is 0 Å². The van der Waals surface area contributed by atoms with Crippen molar-refractivity contribution in [3.05, 3.63) is 33.8 Å². The summed E-state index contributed by atoms with van der Waals surface area (Å²) in [7, 11) is 0. The average Bonchev–Trinajstić information content (AvgIpc) is 2.13. The first kappa shape index (κ1) is 11.2. The molecule has 0 aliphatic heterocycles. The maximum absolute atomic E-state index is 3.61. The standard InChI is InChI=1S/C13H18BrN/c1-9-5-13(6-9)15-8-11-3-4-12(14)7-10(11)2/h3-4,7,9,13,15H,5-6,8H2,1-2H3. The smallest absolute Gasteiger partial charge is 0.0210 e. The third-order valence-corrected chi connectivity index (χ3v) is 3.75. The van der Waals surface area contributed by atoms with E-state index in [1.165, 1.54) is 28.4 Å². The van der Waals surface area contributed by atoms with Gasteiger partial charge in [0.2, 0.25) is 0 Å². The Labute approximate surface area is 100 Å². The van der Waals surface area contributed by atoms with E-state index in [0.29, 0.717) is 0 Å². The number of nitrogens with one attached hydrogen (secondary N) is 1. The van der Waals surface area contributed by atoms with Crippen LogP contribution in [0.3, 0.4) is 0 Å². The summed E-state index contributed by atoms with van der Waals surface area (Å²) in [6.45, 7) is 5.50. The Hall–Kier alpha value is -0.340. The van der Waals surface area contributed by atoms with Crippen LogP contribution in [0, 0.1) is 12.8 Å². The Morgan fingerprint density at radius 1 is 1.40 bits per heavy atom. The van der Waals surface area contributed by atoms with Crippen molar-refractivity contribution >= 4 is 15.9 Å². The number of rotatable bonds is 3. The number of aryl methyl sites for hydroxylation is 1. The van der Waals surface area contributed by atoms with Crippen molar-refractivity contribution in [3.8, 4) is 0 Å². The zero-order valence-electron chi connectivity index (χ0n) is 9.39. The number of hydrogen-bond acceptors (Lipinski definition) is 1. The molecule has 0 heterocycles. The van der Waals surface area contributed by atoms with Gasteiger partial charge in [0, 0.05) is 17.1 Å². The molecule has 0 saturated heterocycles. The Bertz CT molecular complexity index is 342. The second kappa shape index (κ2) is 4.67. The highest BCUT2D eigenvalue weighted by molar-refractivity contribution is 9.10. The van der Waals surface area contributed by atoms with Crippen molar-refractivity contribution in [1.82, 2.24) is 5.32 Å². The topological polar surface area (TPSA) is 12.0 Å². The minimum atomic E-state index is 0.753. The molecule has 2 rings (SSSR count). The van der Waals surface area contributed by atoms with Crippen LogP contribution in [-0.2, 0) is 6.54 Å². The molecular weight excluding hydrogens is 250 g/mol. The van der Waals surface area contributed by atoms with E-state index < -0.39 is 0 Å². The van der Waals surface area contributed by atoms with Crippen LogP contribution in [0.1, 0.15) is 30.9 Å². The van der Waals surface area contributed by atoms with Crippen molar-refractivity contribution in [2.75, 3.05) is 0 Å². The highest BCUT2D eigenvalue weighted by Gasteiger charge is 2.24. The zero-order chi connectivity index (χ0) is 10.8. The zero-order valence-corrected chi connectivity index (χ0v) is 11.0. The lowest BCUT2D eigenvalue weighted by Gasteiger charge is -2.33. The molecule has 1 aliphatic carbocycles. The molecule has 1 N–H and O–H groups in total. The van der Waals surface area contributed by atoms with Gasteiger partial charge in [0.1, 0.15) is 0 Å². The van der Waals surface area contributed by atoms with Crippen LogP contribution in [-0.4, -0.2) is 6.04 Å². The largest absolute Gasteiger partial charge is 0.310 e. The Morgan fingerprint density at radius 2 is 2.13 bits per heavy atom. The van der Waals surface area contributed by atoms with Gasteiger partial charge in [0.15, 0.2) is 0 Å². The van der Waals surface area contributed by atoms with Gasteiger partial charge < -0.3 is 5.32 Å². The minimum Gasteiger partial charge on any atom is -0.310 e. The van der Waals surface area contributed by atoms with Crippen LogP contribution in [0.2, 0.25) is 0 Å². The molecule has 0 radical (unpaired) electrons. The maximum atomic E-state index is 3.61. The molecular formula is C13H18BrN. The molecule has 0 bridgehead atoms. The van der Waals surface area contributed by atoms with Gasteiger partial charge in [-0.25, -0.2) is 0 Å². The van der Waals surface area contributed by atoms with E-state index >= 15 is 0 Å². The molecule has 1 saturated carbocycles. The molecule has 2 heteroatoms. The molecule has 1 aromatic rings. The van der Waals surface area contributed by atoms with Gasteiger partial charge in [-0.1, -0.05) is 28.9 Å². The van der Waals surface area contributed by atoms with Crippen molar-refractivity contribution in [2.45, 2.75) is 39.3 Å². The van der Waals surface area contributed by atoms with E-state index in [2.05, 4.69) is 53.3 Å². The molecule has 1 nitrogen and oxygen atoms in total. The van der Waals surface area contributed by atoms with Crippen LogP contribution < -0.4 is 5.32 Å². The van der Waals surface area contributed by atoms with E-state index in [0.717, 1.165) is 18.5 Å².